The van der Waals surface area contributed by atoms with Crippen LogP contribution in [-0.4, -0.2) is 43.1 Å². The van der Waals surface area contributed by atoms with Gasteiger partial charge in [0.15, 0.2) is 21.7 Å². The number of carbonyl (C=O) groups is 2. The fraction of sp³-hybridized carbons (Fsp3) is 0.500. The Hall–Kier alpha value is -2.49. The van der Waals surface area contributed by atoms with Crippen LogP contribution in [0.15, 0.2) is 29.2 Å². The number of ether oxygens (including phenoxy) is 1. The Morgan fingerprint density at radius 3 is 2.19 bits per heavy atom. The summed E-state index contributed by atoms with van der Waals surface area (Å²) in [7, 11) is -4.09. The highest BCUT2D eigenvalue weighted by molar-refractivity contribution is 7.92. The van der Waals surface area contributed by atoms with Crippen molar-refractivity contribution >= 4 is 27.4 Å². The van der Waals surface area contributed by atoms with Crippen molar-refractivity contribution in [2.75, 3.05) is 6.61 Å². The molecule has 0 fully saturated rings. The van der Waals surface area contributed by atoms with E-state index < -0.39 is 38.5 Å². The fourth-order valence-corrected chi connectivity index (χ4v) is 3.35. The van der Waals surface area contributed by atoms with Gasteiger partial charge in [-0.15, -0.1) is 0 Å². The summed E-state index contributed by atoms with van der Waals surface area (Å²) >= 11 is 0. The average Bonchev–Trinajstić information content (AvgIpc) is 2.63. The monoisotopic (exact) mass is 386 g/mol. The summed E-state index contributed by atoms with van der Waals surface area (Å²) in [5.41, 5.74) is -0.266. The molecule has 0 aliphatic carbocycles. The van der Waals surface area contributed by atoms with Gasteiger partial charge in [-0.2, -0.15) is 0 Å². The second-order valence-electron chi connectivity index (χ2n) is 5.63. The fourth-order valence-electron chi connectivity index (χ4n) is 2.10. The predicted octanol–water partition coefficient (Wildman–Crippen LogP) is 1.60. The number of hydrogen-bond donors (Lipinski definition) is 1. The second kappa shape index (κ2) is 9.27. The van der Waals surface area contributed by atoms with Crippen LogP contribution in [0, 0.1) is 10.1 Å². The molecule has 0 saturated heterocycles. The van der Waals surface area contributed by atoms with Crippen molar-refractivity contribution in [3.8, 4) is 0 Å². The van der Waals surface area contributed by atoms with Gasteiger partial charge in [-0.05, 0) is 31.9 Å². The van der Waals surface area contributed by atoms with Crippen LogP contribution >= 0.6 is 0 Å². The third-order valence-corrected chi connectivity index (χ3v) is 5.92. The van der Waals surface area contributed by atoms with E-state index in [9.17, 15) is 28.1 Å². The lowest BCUT2D eigenvalue weighted by molar-refractivity contribution is -0.384. The molecule has 1 rings (SSSR count). The Balaban J connectivity index is 2.74. The quantitative estimate of drug-likeness (QED) is 0.387. The molecule has 1 atom stereocenters. The Morgan fingerprint density at radius 2 is 1.73 bits per heavy atom. The highest BCUT2D eigenvalue weighted by Gasteiger charge is 2.32. The van der Waals surface area contributed by atoms with Crippen LogP contribution in [0.1, 0.15) is 33.6 Å². The number of nitrogens with one attached hydrogen (secondary N) is 1. The normalized spacial score (nSPS) is 12.5. The van der Waals surface area contributed by atoms with Gasteiger partial charge in [0.1, 0.15) is 0 Å². The van der Waals surface area contributed by atoms with Crippen LogP contribution < -0.4 is 5.32 Å². The number of amides is 1. The minimum atomic E-state index is -4.09. The number of esters is 1. The number of carbonyl (C=O) groups excluding carboxylic acids is 2. The van der Waals surface area contributed by atoms with Gasteiger partial charge < -0.3 is 10.1 Å². The third-order valence-electron chi connectivity index (χ3n) is 3.87. The molecule has 144 valence electrons. The summed E-state index contributed by atoms with van der Waals surface area (Å²) in [5.74, 6) is -1.57. The van der Waals surface area contributed by atoms with Gasteiger partial charge in [-0.1, -0.05) is 13.8 Å². The molecule has 0 radical (unpaired) electrons. The summed E-state index contributed by atoms with van der Waals surface area (Å²) in [5, 5.41) is 11.7. The molecule has 0 unspecified atom stereocenters. The molecule has 0 spiro atoms. The summed E-state index contributed by atoms with van der Waals surface area (Å²) in [6.07, 6.45) is 1.45. The smallest absolute Gasteiger partial charge is 0.324 e. The molecule has 1 N–H and O–H groups in total. The van der Waals surface area contributed by atoms with Crippen molar-refractivity contribution in [3.05, 3.63) is 34.4 Å². The zero-order chi connectivity index (χ0) is 19.9. The minimum absolute atomic E-state index is 0.0394. The van der Waals surface area contributed by atoms with E-state index in [-0.39, 0.29) is 16.6 Å². The first-order valence-corrected chi connectivity index (χ1v) is 9.62. The number of sulfone groups is 1. The number of hydrogen-bond acceptors (Lipinski definition) is 7. The van der Waals surface area contributed by atoms with E-state index in [4.69, 9.17) is 4.74 Å². The van der Waals surface area contributed by atoms with Crippen LogP contribution in [0.5, 0.6) is 0 Å². The third kappa shape index (κ3) is 5.51. The molecule has 26 heavy (non-hydrogen) atoms. The van der Waals surface area contributed by atoms with E-state index in [1.165, 1.54) is 0 Å². The van der Waals surface area contributed by atoms with E-state index in [1.807, 2.05) is 13.8 Å². The molecule has 1 aromatic carbocycles. The zero-order valence-corrected chi connectivity index (χ0v) is 15.6. The van der Waals surface area contributed by atoms with Gasteiger partial charge >= 0.3 is 5.97 Å². The van der Waals surface area contributed by atoms with E-state index in [1.54, 1.807) is 0 Å². The lowest BCUT2D eigenvalue weighted by Crippen LogP contribution is -2.38. The average molecular weight is 386 g/mol. The molecule has 0 bridgehead atoms. The Bertz CT molecular complexity index is 755. The van der Waals surface area contributed by atoms with E-state index in [0.29, 0.717) is 0 Å². The van der Waals surface area contributed by atoms with Crippen molar-refractivity contribution < 1.29 is 27.7 Å². The maximum atomic E-state index is 12.4. The number of non-ortho nitro benzene ring substituents is 1. The molecule has 0 aliphatic heterocycles. The summed E-state index contributed by atoms with van der Waals surface area (Å²) in [6, 6.07) is 4.14. The molecule has 0 aromatic heterocycles. The lowest BCUT2D eigenvalue weighted by atomic mass is 10.2. The molecule has 9 nitrogen and oxygen atoms in total. The number of benzene rings is 1. The summed E-state index contributed by atoms with van der Waals surface area (Å²) in [6.45, 7) is 4.37. The maximum absolute atomic E-state index is 12.4. The van der Waals surface area contributed by atoms with Crippen LogP contribution in [0.3, 0.4) is 0 Å². The van der Waals surface area contributed by atoms with Crippen LogP contribution in [0.2, 0.25) is 0 Å². The number of rotatable bonds is 9. The van der Waals surface area contributed by atoms with Gasteiger partial charge in [0.2, 0.25) is 0 Å². The van der Waals surface area contributed by atoms with E-state index in [2.05, 4.69) is 5.32 Å². The first-order chi connectivity index (χ1) is 12.1. The number of nitro benzene ring substituents is 1. The SMILES string of the molecule is CCC(CC)NC(=O)COC(=O)[C@H](C)S(=O)(=O)c1ccc([N+](=O)[O-])cc1. The van der Waals surface area contributed by atoms with Gasteiger partial charge in [0.05, 0.1) is 9.82 Å². The Labute approximate surface area is 151 Å². The highest BCUT2D eigenvalue weighted by Crippen LogP contribution is 2.20. The summed E-state index contributed by atoms with van der Waals surface area (Å²) < 4.78 is 29.6. The molecule has 1 aromatic rings. The first-order valence-electron chi connectivity index (χ1n) is 8.07. The Morgan fingerprint density at radius 1 is 1.19 bits per heavy atom. The van der Waals surface area contributed by atoms with E-state index in [0.717, 1.165) is 44.0 Å². The van der Waals surface area contributed by atoms with Crippen LogP contribution in [0.25, 0.3) is 0 Å². The van der Waals surface area contributed by atoms with Gasteiger partial charge in [0.25, 0.3) is 11.6 Å². The van der Waals surface area contributed by atoms with Crippen molar-refractivity contribution in [1.29, 1.82) is 0 Å². The van der Waals surface area contributed by atoms with Gasteiger partial charge in [-0.3, -0.25) is 19.7 Å². The van der Waals surface area contributed by atoms with Crippen molar-refractivity contribution in [3.63, 3.8) is 0 Å². The van der Waals surface area contributed by atoms with Gasteiger partial charge in [-0.25, -0.2) is 8.42 Å². The minimum Gasteiger partial charge on any atom is -0.455 e. The molecule has 1 amide bonds. The second-order valence-corrected chi connectivity index (χ2v) is 7.90. The van der Waals surface area contributed by atoms with E-state index >= 15 is 0 Å². The van der Waals surface area contributed by atoms with Crippen LogP contribution in [-0.2, 0) is 24.2 Å². The molecule has 0 saturated carbocycles. The highest BCUT2D eigenvalue weighted by atomic mass is 32.2. The molecular weight excluding hydrogens is 364 g/mol. The molecular formula is C16H22N2O7S. The molecule has 0 heterocycles. The topological polar surface area (TPSA) is 133 Å². The predicted molar refractivity (Wildman–Crippen MR) is 93.2 cm³/mol. The number of nitrogens with zero attached hydrogens (tertiary/aromatic N) is 1. The number of nitro groups is 1. The largest absolute Gasteiger partial charge is 0.455 e. The summed E-state index contributed by atoms with van der Waals surface area (Å²) in [4.78, 5) is 33.4. The zero-order valence-electron chi connectivity index (χ0n) is 14.8. The molecule has 10 heteroatoms. The van der Waals surface area contributed by atoms with Crippen LogP contribution in [0.4, 0.5) is 5.69 Å². The maximum Gasteiger partial charge on any atom is 0.324 e. The van der Waals surface area contributed by atoms with Crippen molar-refractivity contribution in [1.82, 2.24) is 5.32 Å². The standard InChI is InChI=1S/C16H22N2O7S/c1-4-12(5-2)17-15(19)10-25-16(20)11(3)26(23,24)14-8-6-13(7-9-14)18(21)22/h6-9,11-12H,4-5,10H2,1-3H3,(H,17,19)/t11-/m0/s1. The van der Waals surface area contributed by atoms with Crippen molar-refractivity contribution in [2.45, 2.75) is 49.8 Å². The molecule has 0 aliphatic rings. The van der Waals surface area contributed by atoms with Crippen molar-refractivity contribution in [2.24, 2.45) is 0 Å². The lowest BCUT2D eigenvalue weighted by Gasteiger charge is -2.16. The Kier molecular flexibility index (Phi) is 7.69. The van der Waals surface area contributed by atoms with Gasteiger partial charge in [0, 0.05) is 18.2 Å². The first kappa shape index (κ1) is 21.6.